The van der Waals surface area contributed by atoms with E-state index in [0.717, 1.165) is 18.9 Å². The number of likely N-dealkylation sites (tertiary alicyclic amines) is 1. The molecule has 1 amide bonds. The second-order valence-electron chi connectivity index (χ2n) is 7.78. The Balaban J connectivity index is 1.55. The summed E-state index contributed by atoms with van der Waals surface area (Å²) in [5.41, 5.74) is 0.600. The van der Waals surface area contributed by atoms with E-state index >= 15 is 0 Å². The molecule has 2 fully saturated rings. The number of nitrogens with zero attached hydrogens (tertiary/aromatic N) is 4. The zero-order valence-electron chi connectivity index (χ0n) is 15.2. The second kappa shape index (κ2) is 6.99. The van der Waals surface area contributed by atoms with Crippen LogP contribution in [0, 0.1) is 17.0 Å². The van der Waals surface area contributed by atoms with Gasteiger partial charge in [0.2, 0.25) is 0 Å². The number of hydrogen-bond donors (Lipinski definition) is 0. The maximum atomic E-state index is 14.3. The normalized spacial score (nSPS) is 21.7. The summed E-state index contributed by atoms with van der Waals surface area (Å²) >= 11 is 0. The fourth-order valence-corrected chi connectivity index (χ4v) is 3.82. The van der Waals surface area contributed by atoms with Gasteiger partial charge < -0.3 is 9.64 Å². The first-order valence-corrected chi connectivity index (χ1v) is 9.19. The number of carbonyl (C=O) groups is 1. The predicted octanol–water partition coefficient (Wildman–Crippen LogP) is 2.96. The number of halogens is 2. The van der Waals surface area contributed by atoms with Crippen LogP contribution in [0.25, 0.3) is 0 Å². The van der Waals surface area contributed by atoms with Crippen LogP contribution in [0.1, 0.15) is 48.3 Å². The Hall–Kier alpha value is -2.35. The Labute approximate surface area is 156 Å². The van der Waals surface area contributed by atoms with Crippen molar-refractivity contribution >= 4 is 5.91 Å². The summed E-state index contributed by atoms with van der Waals surface area (Å²) in [6, 6.07) is 3.10. The minimum absolute atomic E-state index is 0.0128. The van der Waals surface area contributed by atoms with Crippen molar-refractivity contribution in [2.75, 3.05) is 19.8 Å². The van der Waals surface area contributed by atoms with Gasteiger partial charge in [0.25, 0.3) is 5.91 Å². The molecule has 2 aliphatic heterocycles. The average molecular weight is 376 g/mol. The fraction of sp³-hybridized carbons (Fsp3) is 0.526. The van der Waals surface area contributed by atoms with Crippen LogP contribution in [0.2, 0.25) is 0 Å². The molecule has 0 aliphatic carbocycles. The lowest BCUT2D eigenvalue weighted by Gasteiger charge is -2.37. The molecule has 3 heterocycles. The van der Waals surface area contributed by atoms with E-state index in [2.05, 4.69) is 17.2 Å². The van der Waals surface area contributed by atoms with Gasteiger partial charge in [-0.1, -0.05) is 18.2 Å². The standard InChI is InChI=1S/C19H22F2N4O2/c1-19(11-27-12-19)10-24-9-16(22-23-24)18(26)25-7-3-2-4-17(25)14-6-5-13(20)8-15(14)21/h5-6,8-9,17H,2-4,7,10-12H2,1H3. The Bertz CT molecular complexity index is 850. The molecule has 0 N–H and O–H groups in total. The molecule has 0 saturated carbocycles. The summed E-state index contributed by atoms with van der Waals surface area (Å²) in [5, 5.41) is 8.09. The minimum atomic E-state index is -0.624. The zero-order chi connectivity index (χ0) is 19.0. The van der Waals surface area contributed by atoms with Crippen LogP contribution in [-0.2, 0) is 11.3 Å². The van der Waals surface area contributed by atoms with Gasteiger partial charge >= 0.3 is 0 Å². The molecular formula is C19H22F2N4O2. The topological polar surface area (TPSA) is 60.2 Å². The zero-order valence-corrected chi connectivity index (χ0v) is 15.2. The molecule has 144 valence electrons. The first kappa shape index (κ1) is 18.0. The number of hydrogen-bond acceptors (Lipinski definition) is 4. The molecule has 1 unspecified atom stereocenters. The van der Waals surface area contributed by atoms with Crippen LogP contribution >= 0.6 is 0 Å². The van der Waals surface area contributed by atoms with Crippen LogP contribution in [0.4, 0.5) is 8.78 Å². The summed E-state index contributed by atoms with van der Waals surface area (Å²) in [6.07, 6.45) is 4.00. The van der Waals surface area contributed by atoms with Gasteiger partial charge in [-0.2, -0.15) is 0 Å². The molecule has 2 aromatic rings. The first-order chi connectivity index (χ1) is 13.0. The van der Waals surface area contributed by atoms with Crippen LogP contribution in [0.15, 0.2) is 24.4 Å². The van der Waals surface area contributed by atoms with E-state index in [1.165, 1.54) is 12.1 Å². The minimum Gasteiger partial charge on any atom is -0.380 e. The van der Waals surface area contributed by atoms with Crippen molar-refractivity contribution in [3.8, 4) is 0 Å². The lowest BCUT2D eigenvalue weighted by atomic mass is 9.89. The second-order valence-corrected chi connectivity index (χ2v) is 7.78. The van der Waals surface area contributed by atoms with E-state index in [9.17, 15) is 13.6 Å². The van der Waals surface area contributed by atoms with Gasteiger partial charge in [0.05, 0.1) is 32.0 Å². The quantitative estimate of drug-likeness (QED) is 0.823. The number of aromatic nitrogens is 3. The van der Waals surface area contributed by atoms with Gasteiger partial charge in [-0.25, -0.2) is 8.78 Å². The van der Waals surface area contributed by atoms with E-state index in [1.54, 1.807) is 15.8 Å². The Morgan fingerprint density at radius 1 is 1.33 bits per heavy atom. The first-order valence-electron chi connectivity index (χ1n) is 9.19. The highest BCUT2D eigenvalue weighted by atomic mass is 19.1. The Morgan fingerprint density at radius 3 is 2.85 bits per heavy atom. The highest BCUT2D eigenvalue weighted by Gasteiger charge is 2.35. The SMILES string of the molecule is CC1(Cn2cc(C(=O)N3CCCCC3c3ccc(F)cc3F)nn2)COC1. The van der Waals surface area contributed by atoms with Crippen LogP contribution < -0.4 is 0 Å². The van der Waals surface area contributed by atoms with E-state index in [4.69, 9.17) is 4.74 Å². The molecule has 27 heavy (non-hydrogen) atoms. The molecule has 8 heteroatoms. The van der Waals surface area contributed by atoms with Crippen molar-refractivity contribution in [1.82, 2.24) is 19.9 Å². The van der Waals surface area contributed by atoms with Crippen molar-refractivity contribution in [2.45, 2.75) is 38.8 Å². The predicted molar refractivity (Wildman–Crippen MR) is 92.9 cm³/mol. The molecular weight excluding hydrogens is 354 g/mol. The third-order valence-electron chi connectivity index (χ3n) is 5.29. The maximum Gasteiger partial charge on any atom is 0.276 e. The van der Waals surface area contributed by atoms with Crippen molar-refractivity contribution < 1.29 is 18.3 Å². The lowest BCUT2D eigenvalue weighted by molar-refractivity contribution is -0.111. The summed E-state index contributed by atoms with van der Waals surface area (Å²) in [6.45, 7) is 4.56. The number of rotatable bonds is 4. The largest absolute Gasteiger partial charge is 0.380 e. The summed E-state index contributed by atoms with van der Waals surface area (Å²) in [5.74, 6) is -1.52. The van der Waals surface area contributed by atoms with E-state index in [1.807, 2.05) is 0 Å². The van der Waals surface area contributed by atoms with Crippen LogP contribution in [0.3, 0.4) is 0 Å². The van der Waals surface area contributed by atoms with Crippen molar-refractivity contribution in [2.24, 2.45) is 5.41 Å². The molecule has 4 rings (SSSR count). The monoisotopic (exact) mass is 376 g/mol. The molecule has 2 aliphatic rings. The van der Waals surface area contributed by atoms with Crippen molar-refractivity contribution in [3.63, 3.8) is 0 Å². The van der Waals surface area contributed by atoms with Crippen LogP contribution in [-0.4, -0.2) is 45.6 Å². The molecule has 0 bridgehead atoms. The lowest BCUT2D eigenvalue weighted by Crippen LogP contribution is -2.43. The number of benzene rings is 1. The summed E-state index contributed by atoms with van der Waals surface area (Å²) < 4.78 is 34.4. The Morgan fingerprint density at radius 2 is 2.15 bits per heavy atom. The number of carbonyl (C=O) groups excluding carboxylic acids is 1. The molecule has 6 nitrogen and oxygen atoms in total. The van der Waals surface area contributed by atoms with Gasteiger partial charge in [-0.15, -0.1) is 5.10 Å². The Kier molecular flexibility index (Phi) is 4.67. The van der Waals surface area contributed by atoms with E-state index in [-0.39, 0.29) is 17.0 Å². The maximum absolute atomic E-state index is 14.3. The average Bonchev–Trinajstić information content (AvgIpc) is 3.08. The van der Waals surface area contributed by atoms with Gasteiger partial charge in [-0.05, 0) is 25.3 Å². The van der Waals surface area contributed by atoms with Gasteiger partial charge in [-0.3, -0.25) is 9.48 Å². The smallest absolute Gasteiger partial charge is 0.276 e. The van der Waals surface area contributed by atoms with E-state index < -0.39 is 17.7 Å². The highest BCUT2D eigenvalue weighted by Crippen LogP contribution is 2.34. The molecule has 0 radical (unpaired) electrons. The third kappa shape index (κ3) is 3.58. The van der Waals surface area contributed by atoms with Crippen LogP contribution in [0.5, 0.6) is 0 Å². The summed E-state index contributed by atoms with van der Waals surface area (Å²) in [4.78, 5) is 14.6. The highest BCUT2D eigenvalue weighted by molar-refractivity contribution is 5.92. The van der Waals surface area contributed by atoms with Gasteiger partial charge in [0.15, 0.2) is 5.69 Å². The fourth-order valence-electron chi connectivity index (χ4n) is 3.82. The molecule has 1 aromatic carbocycles. The van der Waals surface area contributed by atoms with Gasteiger partial charge in [0.1, 0.15) is 11.6 Å². The van der Waals surface area contributed by atoms with Crippen molar-refractivity contribution in [1.29, 1.82) is 0 Å². The van der Waals surface area contributed by atoms with Crippen molar-refractivity contribution in [3.05, 3.63) is 47.3 Å². The third-order valence-corrected chi connectivity index (χ3v) is 5.29. The molecule has 1 atom stereocenters. The molecule has 0 spiro atoms. The number of amides is 1. The number of ether oxygens (including phenoxy) is 1. The van der Waals surface area contributed by atoms with E-state index in [0.29, 0.717) is 38.3 Å². The number of piperidine rings is 1. The summed E-state index contributed by atoms with van der Waals surface area (Å²) in [7, 11) is 0. The molecule has 2 saturated heterocycles. The van der Waals surface area contributed by atoms with Gasteiger partial charge in [0, 0.05) is 23.6 Å². The molecule has 1 aromatic heterocycles.